The van der Waals surface area contributed by atoms with Crippen LogP contribution in [0.15, 0.2) is 170 Å². The Morgan fingerprint density at radius 1 is 0.355 bits per heavy atom. The number of phenols is 4. The van der Waals surface area contributed by atoms with Crippen LogP contribution in [0.3, 0.4) is 0 Å². The standard InChI is InChI=1S/C26H31F3N2O.C25H29F3N2O.2C23H27F3N2O/c1-25-10-11-31(16-17-6-7-17)23(13-19-8-9-21(32)14-22(19)25)24(25)30(2)15-18-4-3-5-20(12-18)26(27,28)29;1-24-9-10-30(15-16-5-6-16)22(12-18-7-8-20(31)13-21(18)24)23(24)29-14-17-3-2-4-19(11-17)25(26,27)28;2*1-22-9-10-27(2)20(12-16-7-8-18(29)13-19(16)22)21(22)28(3)14-15-5-4-6-17(11-15)23(24,25)26/h3-5,8-9,12,14,17,23-24,32H,6-7,10-11,13,15-16H2,1-2H3;2-4,7-8,11,13,16,22-23,29,31H,5-6,9-10,12,14-15H2,1H3;2*4-8,11,13,20-21,29H,9-10,12,14H2,1-3H3/t23-,24-,25+;22-,23+,24+;20-,21+,22+;20-,21-,22+/m1111/s1. The number of hydrogen-bond donors (Lipinski definition) is 5. The lowest BCUT2D eigenvalue weighted by Crippen LogP contribution is -2.67. The Balaban J connectivity index is 0.000000126. The second-order valence-corrected chi connectivity index (χ2v) is 37.7. The minimum Gasteiger partial charge on any atom is -0.508 e. The zero-order valence-electron chi connectivity index (χ0n) is 70.5. The molecule has 4 aliphatic heterocycles. The Morgan fingerprint density at radius 3 is 0.975 bits per heavy atom. The first-order valence-corrected chi connectivity index (χ1v) is 42.7. The average molecular weight is 1680 g/mol. The molecular weight excluding hydrogens is 1570 g/mol. The van der Waals surface area contributed by atoms with E-state index >= 15 is 0 Å². The molecule has 121 heavy (non-hydrogen) atoms. The van der Waals surface area contributed by atoms with Gasteiger partial charge >= 0.3 is 24.7 Å². The highest BCUT2D eigenvalue weighted by molar-refractivity contribution is 5.50. The fourth-order valence-corrected chi connectivity index (χ4v) is 22.8. The van der Waals surface area contributed by atoms with Crippen molar-refractivity contribution in [2.45, 2.75) is 226 Å². The first-order valence-electron chi connectivity index (χ1n) is 42.7. The van der Waals surface area contributed by atoms with Gasteiger partial charge in [0.25, 0.3) is 0 Å². The number of likely N-dealkylation sites (tertiary alicyclic amines) is 4. The van der Waals surface area contributed by atoms with Crippen molar-refractivity contribution in [2.24, 2.45) is 11.8 Å². The normalized spacial score (nSPS) is 27.7. The molecule has 18 rings (SSSR count). The number of benzene rings is 8. The molecule has 0 spiro atoms. The molecule has 6 aliphatic carbocycles. The number of piperidine rings is 4. The van der Waals surface area contributed by atoms with Gasteiger partial charge in [-0.3, -0.25) is 24.5 Å². The lowest BCUT2D eigenvalue weighted by molar-refractivity contribution is -0.138. The smallest absolute Gasteiger partial charge is 0.416 e. The van der Waals surface area contributed by atoms with Crippen LogP contribution in [0.5, 0.6) is 23.0 Å². The molecule has 0 aromatic heterocycles. The van der Waals surface area contributed by atoms with Gasteiger partial charge in [-0.2, -0.15) is 52.7 Å². The minimum atomic E-state index is -4.33. The third-order valence-corrected chi connectivity index (χ3v) is 29.2. The quantitative estimate of drug-likeness (QED) is 0.0594. The maximum absolute atomic E-state index is 13.2. The number of aromatic hydroxyl groups is 4. The summed E-state index contributed by atoms with van der Waals surface area (Å²) in [6, 6.07) is 47.0. The summed E-state index contributed by atoms with van der Waals surface area (Å²) in [5.74, 6) is 2.66. The fourth-order valence-electron chi connectivity index (χ4n) is 22.8. The lowest BCUT2D eigenvalue weighted by atomic mass is 9.61. The fraction of sp³-hybridized carbons (Fsp3) is 0.505. The molecule has 12 atom stereocenters. The minimum absolute atomic E-state index is 0.115. The van der Waals surface area contributed by atoms with Crippen molar-refractivity contribution in [3.63, 3.8) is 0 Å². The van der Waals surface area contributed by atoms with Gasteiger partial charge < -0.3 is 35.5 Å². The van der Waals surface area contributed by atoms with Crippen LogP contribution in [0.1, 0.15) is 168 Å². The number of nitrogens with zero attached hydrogens (tertiary/aromatic N) is 7. The van der Waals surface area contributed by atoms with Gasteiger partial charge in [-0.05, 0) is 290 Å². The monoisotopic (exact) mass is 1680 g/mol. The maximum atomic E-state index is 13.2. The molecule has 2 saturated carbocycles. The van der Waals surface area contributed by atoms with Crippen LogP contribution in [0.2, 0.25) is 0 Å². The Bertz CT molecular complexity index is 4880. The Kier molecular flexibility index (Phi) is 24.4. The van der Waals surface area contributed by atoms with Crippen LogP contribution < -0.4 is 5.32 Å². The molecule has 10 aliphatic rings. The third-order valence-electron chi connectivity index (χ3n) is 29.2. The van der Waals surface area contributed by atoms with Crippen LogP contribution >= 0.6 is 0 Å². The van der Waals surface area contributed by atoms with E-state index in [9.17, 15) is 73.1 Å². The molecule has 6 fully saturated rings. The van der Waals surface area contributed by atoms with E-state index in [-0.39, 0.29) is 80.9 Å². The molecule has 8 aromatic rings. The number of hydrogen-bond acceptors (Lipinski definition) is 12. The molecule has 12 nitrogen and oxygen atoms in total. The van der Waals surface area contributed by atoms with Crippen molar-refractivity contribution in [2.75, 3.05) is 74.5 Å². The molecule has 24 heteroatoms. The number of rotatable bonds is 16. The van der Waals surface area contributed by atoms with Crippen molar-refractivity contribution in [1.82, 2.24) is 39.6 Å². The molecule has 650 valence electrons. The SMILES string of the molecule is CN(Cc1cccc(C(F)(F)F)c1)[C@@H]1[C@H]2Cc3ccc(O)cc3[C@]1(C)CCN2CC1CC1.CN1CC[C@@]2(C)c3cc(O)ccc3C[C@@H]1[C@@H]2N(C)Cc1cccc(C(F)(F)F)c1.CN1CC[C@@]2(C)c3cc(O)ccc3C[C@@H]1[C@H]2N(C)Cc1cccc(C(F)(F)F)c1.C[C@]12CCN(CC3CC3)[C@H](Cc3ccc(O)cc31)[C@@H]2NCc1cccc(C(F)(F)F)c1. The lowest BCUT2D eigenvalue weighted by Gasteiger charge is -2.58. The van der Waals surface area contributed by atoms with Crippen molar-refractivity contribution in [1.29, 1.82) is 0 Å². The molecule has 0 unspecified atom stereocenters. The van der Waals surface area contributed by atoms with Gasteiger partial charge in [0, 0.05) is 109 Å². The second kappa shape index (κ2) is 33.7. The van der Waals surface area contributed by atoms with E-state index in [0.717, 1.165) is 127 Å². The van der Waals surface area contributed by atoms with Gasteiger partial charge in [-0.15, -0.1) is 0 Å². The number of likely N-dealkylation sites (N-methyl/N-ethyl adjacent to an activating group) is 5. The zero-order valence-corrected chi connectivity index (χ0v) is 70.5. The van der Waals surface area contributed by atoms with E-state index in [1.165, 1.54) is 119 Å². The van der Waals surface area contributed by atoms with E-state index in [0.29, 0.717) is 60.5 Å². The highest BCUT2D eigenvalue weighted by Crippen LogP contribution is 2.54. The Hall–Kier alpha value is -8.20. The van der Waals surface area contributed by atoms with Crippen LogP contribution in [0.4, 0.5) is 52.7 Å². The number of nitrogens with one attached hydrogen (secondary N) is 1. The van der Waals surface area contributed by atoms with E-state index in [1.54, 1.807) is 48.5 Å². The summed E-state index contributed by atoms with van der Waals surface area (Å²) in [7, 11) is 10.3. The Labute approximate surface area is 703 Å². The predicted octanol–water partition coefficient (Wildman–Crippen LogP) is 18.9. The van der Waals surface area contributed by atoms with Crippen LogP contribution in [0, 0.1) is 11.8 Å². The molecule has 5 N–H and O–H groups in total. The number of fused-ring (bicyclic) bond motifs is 16. The van der Waals surface area contributed by atoms with E-state index in [2.05, 4.69) is 87.5 Å². The summed E-state index contributed by atoms with van der Waals surface area (Å²) in [5, 5.41) is 44.2. The van der Waals surface area contributed by atoms with Gasteiger partial charge in [-0.25, -0.2) is 0 Å². The molecule has 8 bridgehead atoms. The highest BCUT2D eigenvalue weighted by atomic mass is 19.4. The average Bonchev–Trinajstić information content (AvgIpc) is 1.62. The first kappa shape index (κ1) is 87.7. The van der Waals surface area contributed by atoms with E-state index < -0.39 is 47.0 Å². The topological polar surface area (TPSA) is 116 Å². The molecule has 0 amide bonds. The summed E-state index contributed by atoms with van der Waals surface area (Å²) in [6.45, 7) is 16.9. The predicted molar refractivity (Wildman–Crippen MR) is 446 cm³/mol. The summed E-state index contributed by atoms with van der Waals surface area (Å²) in [6.07, 6.45) is -4.75. The summed E-state index contributed by atoms with van der Waals surface area (Å²) in [5.41, 5.74) is 9.37. The Morgan fingerprint density at radius 2 is 0.636 bits per heavy atom. The van der Waals surface area contributed by atoms with Crippen molar-refractivity contribution >= 4 is 0 Å². The molecule has 8 aromatic carbocycles. The first-order chi connectivity index (χ1) is 57.1. The maximum Gasteiger partial charge on any atom is 0.416 e. The molecule has 0 radical (unpaired) electrons. The van der Waals surface area contributed by atoms with Gasteiger partial charge in [-0.1, -0.05) is 125 Å². The number of phenolic OH excluding ortho intramolecular Hbond substituents is 4. The van der Waals surface area contributed by atoms with Crippen LogP contribution in [-0.4, -0.2) is 178 Å². The van der Waals surface area contributed by atoms with Crippen molar-refractivity contribution in [3.05, 3.63) is 259 Å². The van der Waals surface area contributed by atoms with E-state index in [1.807, 2.05) is 63.6 Å². The molecular formula is C97H114F12N8O4. The number of alkyl halides is 12. The zero-order chi connectivity index (χ0) is 86.4. The largest absolute Gasteiger partial charge is 0.508 e. The van der Waals surface area contributed by atoms with Gasteiger partial charge in [0.15, 0.2) is 0 Å². The van der Waals surface area contributed by atoms with Gasteiger partial charge in [0.05, 0.1) is 22.3 Å². The molecule has 4 saturated heterocycles. The van der Waals surface area contributed by atoms with Crippen LogP contribution in [0.25, 0.3) is 0 Å². The van der Waals surface area contributed by atoms with Gasteiger partial charge in [0.1, 0.15) is 23.0 Å². The van der Waals surface area contributed by atoms with Crippen LogP contribution in [-0.2, 0) is 98.2 Å². The molecule has 4 heterocycles. The summed E-state index contributed by atoms with van der Waals surface area (Å²) in [4.78, 5) is 16.6. The third kappa shape index (κ3) is 18.4. The van der Waals surface area contributed by atoms with Crippen molar-refractivity contribution < 1.29 is 73.1 Å². The van der Waals surface area contributed by atoms with E-state index in [4.69, 9.17) is 0 Å². The van der Waals surface area contributed by atoms with Gasteiger partial charge in [0.2, 0.25) is 0 Å². The summed E-state index contributed by atoms with van der Waals surface area (Å²) < 4.78 is 158. The van der Waals surface area contributed by atoms with Crippen molar-refractivity contribution in [3.8, 4) is 23.0 Å². The second-order valence-electron chi connectivity index (χ2n) is 37.7. The number of halogens is 12. The highest BCUT2D eigenvalue weighted by Gasteiger charge is 2.57. The summed E-state index contributed by atoms with van der Waals surface area (Å²) >= 11 is 0.